The number of piperazine rings is 1. The second-order valence-electron chi connectivity index (χ2n) is 10.7. The molecule has 3 unspecified atom stereocenters. The van der Waals surface area contributed by atoms with Crippen molar-refractivity contribution in [1.29, 1.82) is 0 Å². The molecule has 1 N–H and O–H groups in total. The van der Waals surface area contributed by atoms with Crippen molar-refractivity contribution >= 4 is 11.7 Å². The second kappa shape index (κ2) is 11.0. The van der Waals surface area contributed by atoms with E-state index in [0.717, 1.165) is 44.2 Å². The van der Waals surface area contributed by atoms with E-state index in [4.69, 9.17) is 14.2 Å². The zero-order chi connectivity index (χ0) is 26.0. The highest BCUT2D eigenvalue weighted by atomic mass is 19.4. The van der Waals surface area contributed by atoms with E-state index in [1.54, 1.807) is 7.11 Å². The van der Waals surface area contributed by atoms with E-state index >= 15 is 0 Å². The Bertz CT molecular complexity index is 937. The lowest BCUT2D eigenvalue weighted by Gasteiger charge is -2.42. The van der Waals surface area contributed by atoms with Gasteiger partial charge in [-0.1, -0.05) is 0 Å². The number of aromatic nitrogens is 1. The molecule has 3 aliphatic heterocycles. The van der Waals surface area contributed by atoms with Gasteiger partial charge in [0, 0.05) is 64.8 Å². The first-order chi connectivity index (χ1) is 17.8. The van der Waals surface area contributed by atoms with E-state index < -0.39 is 17.2 Å². The molecule has 1 amide bonds. The predicted octanol–water partition coefficient (Wildman–Crippen LogP) is 2.72. The molecule has 0 spiro atoms. The van der Waals surface area contributed by atoms with Gasteiger partial charge in [0.25, 0.3) is 0 Å². The molecule has 0 bridgehead atoms. The highest BCUT2D eigenvalue weighted by Crippen LogP contribution is 2.49. The van der Waals surface area contributed by atoms with Crippen molar-refractivity contribution in [2.45, 2.75) is 56.5 Å². The highest BCUT2D eigenvalue weighted by molar-refractivity contribution is 5.84. The van der Waals surface area contributed by atoms with Gasteiger partial charge in [0.15, 0.2) is 0 Å². The SMILES string of the molecule is CO[C@H]1COCC[C@H]1NC1CCC(C(=O)N2CCN(c3cc(C(F)(F)F)ccn3)CC2)(C2CCOC2)C1. The van der Waals surface area contributed by atoms with Crippen LogP contribution in [0.25, 0.3) is 0 Å². The summed E-state index contributed by atoms with van der Waals surface area (Å²) in [5.74, 6) is 0.650. The number of anilines is 1. The first-order valence-electron chi connectivity index (χ1n) is 13.3. The van der Waals surface area contributed by atoms with Crippen LogP contribution in [-0.4, -0.2) is 93.7 Å². The van der Waals surface area contributed by atoms with Crippen LogP contribution in [0.15, 0.2) is 18.3 Å². The number of nitrogens with one attached hydrogen (secondary N) is 1. The van der Waals surface area contributed by atoms with E-state index in [-0.39, 0.29) is 30.0 Å². The Morgan fingerprint density at radius 1 is 1.14 bits per heavy atom. The third-order valence-electron chi connectivity index (χ3n) is 8.71. The van der Waals surface area contributed by atoms with Gasteiger partial charge in [0.2, 0.25) is 5.91 Å². The minimum Gasteiger partial charge on any atom is -0.381 e. The van der Waals surface area contributed by atoms with Crippen molar-refractivity contribution in [3.8, 4) is 0 Å². The average Bonchev–Trinajstić information content (AvgIpc) is 3.60. The molecule has 1 aliphatic carbocycles. The average molecular weight is 527 g/mol. The summed E-state index contributed by atoms with van der Waals surface area (Å²) >= 11 is 0. The van der Waals surface area contributed by atoms with Crippen molar-refractivity contribution < 1.29 is 32.2 Å². The second-order valence-corrected chi connectivity index (χ2v) is 10.7. The molecule has 11 heteroatoms. The maximum atomic E-state index is 14.1. The van der Waals surface area contributed by atoms with Gasteiger partial charge in [0.05, 0.1) is 30.3 Å². The van der Waals surface area contributed by atoms with Gasteiger partial charge >= 0.3 is 6.18 Å². The lowest BCUT2D eigenvalue weighted by atomic mass is 9.72. The molecule has 206 valence electrons. The Kier molecular flexibility index (Phi) is 7.95. The van der Waals surface area contributed by atoms with E-state index in [0.29, 0.717) is 58.4 Å². The number of rotatable bonds is 6. The number of nitrogens with zero attached hydrogens (tertiary/aromatic N) is 3. The summed E-state index contributed by atoms with van der Waals surface area (Å²) in [5, 5.41) is 3.78. The molecule has 4 aliphatic rings. The molecular weight excluding hydrogens is 489 g/mol. The minimum atomic E-state index is -4.41. The summed E-state index contributed by atoms with van der Waals surface area (Å²) in [6, 6.07) is 2.50. The topological polar surface area (TPSA) is 76.2 Å². The zero-order valence-corrected chi connectivity index (χ0v) is 21.3. The fraction of sp³-hybridized carbons (Fsp3) is 0.769. The maximum absolute atomic E-state index is 14.1. The van der Waals surface area contributed by atoms with Crippen LogP contribution in [0.3, 0.4) is 0 Å². The van der Waals surface area contributed by atoms with Crippen LogP contribution in [0.1, 0.15) is 37.7 Å². The van der Waals surface area contributed by atoms with E-state index in [2.05, 4.69) is 10.3 Å². The largest absolute Gasteiger partial charge is 0.416 e. The number of hydrogen-bond acceptors (Lipinski definition) is 7. The fourth-order valence-corrected chi connectivity index (χ4v) is 6.59. The van der Waals surface area contributed by atoms with Crippen LogP contribution in [0.2, 0.25) is 0 Å². The van der Waals surface area contributed by atoms with E-state index in [1.807, 2.05) is 9.80 Å². The van der Waals surface area contributed by atoms with Crippen molar-refractivity contribution in [3.05, 3.63) is 23.9 Å². The maximum Gasteiger partial charge on any atom is 0.416 e. The first kappa shape index (κ1) is 26.6. The molecule has 8 nitrogen and oxygen atoms in total. The van der Waals surface area contributed by atoms with Gasteiger partial charge in [0.1, 0.15) is 5.82 Å². The lowest BCUT2D eigenvalue weighted by molar-refractivity contribution is -0.146. The molecule has 0 radical (unpaired) electrons. The van der Waals surface area contributed by atoms with Gasteiger partial charge in [-0.3, -0.25) is 4.79 Å². The molecule has 4 fully saturated rings. The van der Waals surface area contributed by atoms with Gasteiger partial charge in [-0.15, -0.1) is 0 Å². The number of methoxy groups -OCH3 is 1. The predicted molar refractivity (Wildman–Crippen MR) is 130 cm³/mol. The number of alkyl halides is 3. The fourth-order valence-electron chi connectivity index (χ4n) is 6.59. The molecule has 1 aromatic rings. The molecule has 5 atom stereocenters. The van der Waals surface area contributed by atoms with Crippen LogP contribution in [0, 0.1) is 11.3 Å². The number of halogens is 3. The summed E-state index contributed by atoms with van der Waals surface area (Å²) in [4.78, 5) is 22.0. The van der Waals surface area contributed by atoms with Gasteiger partial charge in [-0.2, -0.15) is 13.2 Å². The minimum absolute atomic E-state index is 0.00630. The monoisotopic (exact) mass is 526 g/mol. The van der Waals surface area contributed by atoms with Crippen LogP contribution in [0.5, 0.6) is 0 Å². The molecule has 37 heavy (non-hydrogen) atoms. The summed E-state index contributed by atoms with van der Waals surface area (Å²) in [6.45, 7) is 4.41. The highest BCUT2D eigenvalue weighted by Gasteiger charge is 2.53. The third kappa shape index (κ3) is 5.60. The number of ether oxygens (including phenoxy) is 3. The quantitative estimate of drug-likeness (QED) is 0.611. The Morgan fingerprint density at radius 2 is 1.89 bits per heavy atom. The first-order valence-corrected chi connectivity index (χ1v) is 13.3. The summed E-state index contributed by atoms with van der Waals surface area (Å²) in [7, 11) is 1.71. The summed E-state index contributed by atoms with van der Waals surface area (Å²) < 4.78 is 56.4. The van der Waals surface area contributed by atoms with Crippen LogP contribution in [0.4, 0.5) is 19.0 Å². The number of carbonyl (C=O) groups excluding carboxylic acids is 1. The third-order valence-corrected chi connectivity index (χ3v) is 8.71. The molecule has 1 aromatic heterocycles. The molecule has 1 saturated carbocycles. The Balaban J connectivity index is 1.25. The van der Waals surface area contributed by atoms with Crippen LogP contribution in [-0.2, 0) is 25.2 Å². The van der Waals surface area contributed by atoms with Crippen LogP contribution >= 0.6 is 0 Å². The summed E-state index contributed by atoms with van der Waals surface area (Å²) in [5.41, 5.74) is -1.18. The number of amides is 1. The van der Waals surface area contributed by atoms with Crippen molar-refractivity contribution in [3.63, 3.8) is 0 Å². The van der Waals surface area contributed by atoms with Crippen LogP contribution < -0.4 is 10.2 Å². The normalized spacial score (nSPS) is 33.2. The van der Waals surface area contributed by atoms with Gasteiger partial charge < -0.3 is 29.3 Å². The Morgan fingerprint density at radius 3 is 2.59 bits per heavy atom. The standard InChI is InChI=1S/C26H37F3N4O4/c1-35-22-17-37-13-5-21(22)31-20-2-6-25(15-20,19-4-12-36-16-19)24(34)33-10-8-32(9-11-33)23-14-18(3-7-30-23)26(27,28)29/h3,7,14,19-22,31H,2,4-6,8-13,15-17H2,1H3/t19?,20?,21-,22+,25?/m1/s1. The Labute approximate surface area is 215 Å². The molecule has 5 rings (SSSR count). The zero-order valence-electron chi connectivity index (χ0n) is 21.3. The molecule has 3 saturated heterocycles. The van der Waals surface area contributed by atoms with Gasteiger partial charge in [-0.05, 0) is 50.2 Å². The smallest absolute Gasteiger partial charge is 0.381 e. The number of pyridine rings is 1. The Hall–Kier alpha value is -1.95. The molecule has 4 heterocycles. The number of carbonyl (C=O) groups is 1. The summed E-state index contributed by atoms with van der Waals surface area (Å²) in [6.07, 6.45) is 1.06. The van der Waals surface area contributed by atoms with Crippen molar-refractivity contribution in [1.82, 2.24) is 15.2 Å². The van der Waals surface area contributed by atoms with E-state index in [1.165, 1.54) is 6.20 Å². The molecule has 0 aromatic carbocycles. The lowest BCUT2D eigenvalue weighted by Crippen LogP contribution is -2.55. The van der Waals surface area contributed by atoms with Crippen molar-refractivity contribution in [2.75, 3.05) is 64.6 Å². The van der Waals surface area contributed by atoms with Crippen molar-refractivity contribution in [2.24, 2.45) is 11.3 Å². The molecular formula is C26H37F3N4O4. The van der Waals surface area contributed by atoms with E-state index in [9.17, 15) is 18.0 Å². The van der Waals surface area contributed by atoms with Gasteiger partial charge in [-0.25, -0.2) is 4.98 Å². The number of hydrogen-bond donors (Lipinski definition) is 1.